The molecule has 2 aromatic carbocycles. The molecule has 0 atom stereocenters. The van der Waals surface area contributed by atoms with Gasteiger partial charge in [0.15, 0.2) is 0 Å². The lowest BCUT2D eigenvalue weighted by Crippen LogP contribution is -2.14. The Labute approximate surface area is 125 Å². The van der Waals surface area contributed by atoms with Crippen molar-refractivity contribution >= 4 is 33.4 Å². The fourth-order valence-electron chi connectivity index (χ4n) is 1.76. The third kappa shape index (κ3) is 3.24. The van der Waals surface area contributed by atoms with Crippen LogP contribution in [0.4, 0.5) is 5.69 Å². The molecule has 0 saturated carbocycles. The molecule has 3 N–H and O–H groups in total. The molecule has 0 aromatic heterocycles. The standard InChI is InChI=1S/C15H13BrN2O2/c1-9-2-5-11(16)8-13(9)15(20)18-12-6-3-10(4-7-12)14(17)19/h2-8H,1H3,(H2,17,19)(H,18,20). The highest BCUT2D eigenvalue weighted by Gasteiger charge is 2.10. The molecule has 5 heteroatoms. The molecule has 0 saturated heterocycles. The summed E-state index contributed by atoms with van der Waals surface area (Å²) in [7, 11) is 0. The Hall–Kier alpha value is -2.14. The highest BCUT2D eigenvalue weighted by molar-refractivity contribution is 9.10. The summed E-state index contributed by atoms with van der Waals surface area (Å²) < 4.78 is 0.845. The van der Waals surface area contributed by atoms with Gasteiger partial charge in [-0.15, -0.1) is 0 Å². The molecule has 0 unspecified atom stereocenters. The van der Waals surface area contributed by atoms with E-state index in [2.05, 4.69) is 21.2 Å². The second-order valence-electron chi connectivity index (χ2n) is 4.35. The quantitative estimate of drug-likeness (QED) is 0.906. The predicted octanol–water partition coefficient (Wildman–Crippen LogP) is 3.11. The summed E-state index contributed by atoms with van der Waals surface area (Å²) in [5.74, 6) is -0.693. The van der Waals surface area contributed by atoms with Gasteiger partial charge in [0, 0.05) is 21.3 Å². The molecule has 4 nitrogen and oxygen atoms in total. The van der Waals surface area contributed by atoms with E-state index in [1.807, 2.05) is 19.1 Å². The maximum absolute atomic E-state index is 12.2. The Morgan fingerprint density at radius 1 is 1.10 bits per heavy atom. The van der Waals surface area contributed by atoms with Crippen LogP contribution in [0.5, 0.6) is 0 Å². The number of anilines is 1. The van der Waals surface area contributed by atoms with E-state index >= 15 is 0 Å². The molecule has 2 amide bonds. The van der Waals surface area contributed by atoms with E-state index in [1.54, 1.807) is 30.3 Å². The van der Waals surface area contributed by atoms with E-state index in [-0.39, 0.29) is 5.91 Å². The lowest BCUT2D eigenvalue weighted by atomic mass is 10.1. The lowest BCUT2D eigenvalue weighted by Gasteiger charge is -2.08. The summed E-state index contributed by atoms with van der Waals surface area (Å²) >= 11 is 3.34. The van der Waals surface area contributed by atoms with Gasteiger partial charge in [-0.1, -0.05) is 22.0 Å². The van der Waals surface area contributed by atoms with Gasteiger partial charge in [-0.2, -0.15) is 0 Å². The van der Waals surface area contributed by atoms with E-state index in [9.17, 15) is 9.59 Å². The molecule has 20 heavy (non-hydrogen) atoms. The number of rotatable bonds is 3. The topological polar surface area (TPSA) is 72.2 Å². The average Bonchev–Trinajstić information content (AvgIpc) is 2.42. The lowest BCUT2D eigenvalue weighted by molar-refractivity contribution is 0.0998. The largest absolute Gasteiger partial charge is 0.366 e. The maximum Gasteiger partial charge on any atom is 0.255 e. The molecule has 2 aromatic rings. The van der Waals surface area contributed by atoms with Crippen LogP contribution in [0.15, 0.2) is 46.9 Å². The van der Waals surface area contributed by atoms with Crippen molar-refractivity contribution in [3.8, 4) is 0 Å². The van der Waals surface area contributed by atoms with Crippen molar-refractivity contribution < 1.29 is 9.59 Å². The Balaban J connectivity index is 2.19. The summed E-state index contributed by atoms with van der Waals surface area (Å²) in [5, 5.41) is 2.78. The second-order valence-corrected chi connectivity index (χ2v) is 5.27. The van der Waals surface area contributed by atoms with Crippen LogP contribution in [0.25, 0.3) is 0 Å². The first kappa shape index (κ1) is 14.3. The molecule has 0 aliphatic rings. The van der Waals surface area contributed by atoms with Crippen LogP contribution in [-0.4, -0.2) is 11.8 Å². The van der Waals surface area contributed by atoms with Gasteiger partial charge in [0.25, 0.3) is 5.91 Å². The molecule has 0 heterocycles. The Morgan fingerprint density at radius 2 is 1.75 bits per heavy atom. The number of nitrogens with one attached hydrogen (secondary N) is 1. The Kier molecular flexibility index (Phi) is 4.20. The number of halogens is 1. The van der Waals surface area contributed by atoms with Crippen molar-refractivity contribution in [1.29, 1.82) is 0 Å². The van der Waals surface area contributed by atoms with E-state index in [0.29, 0.717) is 16.8 Å². The SMILES string of the molecule is Cc1ccc(Br)cc1C(=O)Nc1ccc(C(N)=O)cc1. The van der Waals surface area contributed by atoms with Crippen LogP contribution in [0.2, 0.25) is 0 Å². The van der Waals surface area contributed by atoms with E-state index in [1.165, 1.54) is 0 Å². The summed E-state index contributed by atoms with van der Waals surface area (Å²) in [4.78, 5) is 23.2. The van der Waals surface area contributed by atoms with Gasteiger partial charge in [-0.05, 0) is 48.9 Å². The average molecular weight is 333 g/mol. The first-order chi connectivity index (χ1) is 9.47. The zero-order valence-electron chi connectivity index (χ0n) is 10.8. The van der Waals surface area contributed by atoms with E-state index in [4.69, 9.17) is 5.73 Å². The van der Waals surface area contributed by atoms with E-state index in [0.717, 1.165) is 10.0 Å². The van der Waals surface area contributed by atoms with Gasteiger partial charge in [-0.25, -0.2) is 0 Å². The maximum atomic E-state index is 12.2. The molecular weight excluding hydrogens is 320 g/mol. The number of carbonyl (C=O) groups is 2. The number of hydrogen-bond acceptors (Lipinski definition) is 2. The molecule has 0 aliphatic carbocycles. The molecule has 0 radical (unpaired) electrons. The van der Waals surface area contributed by atoms with Crippen LogP contribution in [0, 0.1) is 6.92 Å². The molecule has 0 aliphatic heterocycles. The molecule has 102 valence electrons. The monoisotopic (exact) mass is 332 g/mol. The zero-order valence-corrected chi connectivity index (χ0v) is 12.4. The van der Waals surface area contributed by atoms with Crippen molar-refractivity contribution in [3.05, 3.63) is 63.6 Å². The van der Waals surface area contributed by atoms with Crippen LogP contribution < -0.4 is 11.1 Å². The van der Waals surface area contributed by atoms with Gasteiger partial charge in [0.05, 0.1) is 0 Å². The fourth-order valence-corrected chi connectivity index (χ4v) is 2.12. The van der Waals surface area contributed by atoms with Gasteiger partial charge < -0.3 is 11.1 Å². The fraction of sp³-hybridized carbons (Fsp3) is 0.0667. The van der Waals surface area contributed by atoms with Crippen LogP contribution in [0.3, 0.4) is 0 Å². The van der Waals surface area contributed by atoms with Crippen LogP contribution in [-0.2, 0) is 0 Å². The van der Waals surface area contributed by atoms with Crippen LogP contribution >= 0.6 is 15.9 Å². The Morgan fingerprint density at radius 3 is 2.35 bits per heavy atom. The third-order valence-corrected chi connectivity index (χ3v) is 3.36. The molecule has 2 rings (SSSR count). The number of hydrogen-bond donors (Lipinski definition) is 2. The number of primary amides is 1. The van der Waals surface area contributed by atoms with Gasteiger partial charge in [-0.3, -0.25) is 9.59 Å². The third-order valence-electron chi connectivity index (χ3n) is 2.87. The summed E-state index contributed by atoms with van der Waals surface area (Å²) in [6, 6.07) is 12.0. The van der Waals surface area contributed by atoms with Gasteiger partial charge >= 0.3 is 0 Å². The van der Waals surface area contributed by atoms with Crippen molar-refractivity contribution in [2.24, 2.45) is 5.73 Å². The van der Waals surface area contributed by atoms with Gasteiger partial charge in [0.2, 0.25) is 5.91 Å². The minimum Gasteiger partial charge on any atom is -0.366 e. The first-order valence-electron chi connectivity index (χ1n) is 5.95. The number of benzene rings is 2. The minimum absolute atomic E-state index is 0.198. The number of carbonyl (C=O) groups excluding carboxylic acids is 2. The van der Waals surface area contributed by atoms with Crippen LogP contribution in [0.1, 0.15) is 26.3 Å². The number of amides is 2. The molecule has 0 spiro atoms. The van der Waals surface area contributed by atoms with Crippen molar-refractivity contribution in [1.82, 2.24) is 0 Å². The summed E-state index contributed by atoms with van der Waals surface area (Å²) in [6.07, 6.45) is 0. The van der Waals surface area contributed by atoms with E-state index < -0.39 is 5.91 Å². The number of nitrogens with two attached hydrogens (primary N) is 1. The minimum atomic E-state index is -0.495. The summed E-state index contributed by atoms with van der Waals surface area (Å²) in [6.45, 7) is 1.87. The van der Waals surface area contributed by atoms with Crippen molar-refractivity contribution in [2.45, 2.75) is 6.92 Å². The number of aryl methyl sites for hydroxylation is 1. The normalized spacial score (nSPS) is 10.1. The smallest absolute Gasteiger partial charge is 0.255 e. The van der Waals surface area contributed by atoms with Gasteiger partial charge in [0.1, 0.15) is 0 Å². The Bertz CT molecular complexity index is 666. The first-order valence-corrected chi connectivity index (χ1v) is 6.74. The van der Waals surface area contributed by atoms with Crippen molar-refractivity contribution in [2.75, 3.05) is 5.32 Å². The molecule has 0 fully saturated rings. The molecule has 0 bridgehead atoms. The highest BCUT2D eigenvalue weighted by atomic mass is 79.9. The molecular formula is C15H13BrN2O2. The second kappa shape index (κ2) is 5.88. The summed E-state index contributed by atoms with van der Waals surface area (Å²) in [5.41, 5.74) is 7.66. The predicted molar refractivity (Wildman–Crippen MR) is 81.8 cm³/mol. The van der Waals surface area contributed by atoms with Crippen molar-refractivity contribution in [3.63, 3.8) is 0 Å². The zero-order chi connectivity index (χ0) is 14.7. The highest BCUT2D eigenvalue weighted by Crippen LogP contribution is 2.18.